The summed E-state index contributed by atoms with van der Waals surface area (Å²) in [5.74, 6) is 0.226. The predicted octanol–water partition coefficient (Wildman–Crippen LogP) is 2.26. The van der Waals surface area contributed by atoms with E-state index in [1.807, 2.05) is 37.3 Å². The van der Waals surface area contributed by atoms with E-state index in [4.69, 9.17) is 4.42 Å². The number of nitrogens with one attached hydrogen (secondary N) is 2. The molecule has 2 aromatic heterocycles. The zero-order valence-electron chi connectivity index (χ0n) is 16.6. The van der Waals surface area contributed by atoms with E-state index in [9.17, 15) is 9.59 Å². The molecule has 0 spiro atoms. The largest absolute Gasteiger partial charge is 0.426 e. The molecule has 3 aromatic rings. The van der Waals surface area contributed by atoms with Gasteiger partial charge in [0.2, 0.25) is 11.8 Å². The Labute approximate surface area is 168 Å². The van der Waals surface area contributed by atoms with E-state index in [2.05, 4.69) is 25.8 Å². The minimum absolute atomic E-state index is 0.0753. The summed E-state index contributed by atoms with van der Waals surface area (Å²) in [6, 6.07) is 13.0. The lowest BCUT2D eigenvalue weighted by Crippen LogP contribution is -2.27. The fourth-order valence-electron chi connectivity index (χ4n) is 2.89. The van der Waals surface area contributed by atoms with E-state index in [1.54, 1.807) is 13.0 Å². The Kier molecular flexibility index (Phi) is 6.33. The highest BCUT2D eigenvalue weighted by Gasteiger charge is 2.18. The highest BCUT2D eigenvalue weighted by atomic mass is 16.4. The molecule has 0 saturated carbocycles. The second-order valence-corrected chi connectivity index (χ2v) is 6.60. The number of rotatable bonds is 7. The molecule has 0 fully saturated rings. The van der Waals surface area contributed by atoms with Crippen LogP contribution in [-0.4, -0.2) is 40.6 Å². The third kappa shape index (κ3) is 5.04. The van der Waals surface area contributed by atoms with E-state index < -0.39 is 0 Å². The number of carbonyl (C=O) groups excluding carboxylic acids is 2. The Balaban J connectivity index is 1.80. The van der Waals surface area contributed by atoms with Crippen molar-refractivity contribution in [3.63, 3.8) is 0 Å². The van der Waals surface area contributed by atoms with E-state index in [0.29, 0.717) is 36.0 Å². The summed E-state index contributed by atoms with van der Waals surface area (Å²) < 4.78 is 5.30. The van der Waals surface area contributed by atoms with Gasteiger partial charge in [-0.15, -0.1) is 10.2 Å². The molecule has 2 N–H and O–H groups in total. The molecule has 0 aliphatic rings. The Morgan fingerprint density at radius 1 is 1.10 bits per heavy atom. The van der Waals surface area contributed by atoms with Crippen molar-refractivity contribution in [3.8, 4) is 0 Å². The number of nitrogens with zero attached hydrogens (tertiary/aromatic N) is 3. The molecule has 8 heteroatoms. The van der Waals surface area contributed by atoms with Crippen molar-refractivity contribution in [1.29, 1.82) is 0 Å². The normalized spacial score (nSPS) is 11.7. The zero-order chi connectivity index (χ0) is 20.8. The van der Waals surface area contributed by atoms with Crippen molar-refractivity contribution in [1.82, 2.24) is 25.8 Å². The van der Waals surface area contributed by atoms with Crippen LogP contribution in [0.3, 0.4) is 0 Å². The first kappa shape index (κ1) is 20.2. The molecule has 29 heavy (non-hydrogen) atoms. The molecular formula is C21H23N5O3. The van der Waals surface area contributed by atoms with Crippen LogP contribution in [0.4, 0.5) is 0 Å². The maximum absolute atomic E-state index is 12.7. The van der Waals surface area contributed by atoms with E-state index >= 15 is 0 Å². The molecule has 0 radical (unpaired) electrons. The smallest absolute Gasteiger partial charge is 0.269 e. The van der Waals surface area contributed by atoms with Crippen LogP contribution in [0.5, 0.6) is 0 Å². The van der Waals surface area contributed by atoms with Crippen molar-refractivity contribution in [2.75, 3.05) is 13.6 Å². The fraction of sp³-hybridized carbons (Fsp3) is 0.286. The van der Waals surface area contributed by atoms with Crippen LogP contribution in [0.1, 0.15) is 56.7 Å². The summed E-state index contributed by atoms with van der Waals surface area (Å²) in [7, 11) is 1.53. The lowest BCUT2D eigenvalue weighted by molar-refractivity contribution is 0.0953. The number of aromatic nitrogens is 3. The maximum Gasteiger partial charge on any atom is 0.269 e. The minimum Gasteiger partial charge on any atom is -0.426 e. The topological polar surface area (TPSA) is 110 Å². The van der Waals surface area contributed by atoms with Gasteiger partial charge in [0.25, 0.3) is 11.8 Å². The second kappa shape index (κ2) is 9.09. The van der Waals surface area contributed by atoms with Gasteiger partial charge < -0.3 is 15.1 Å². The first-order chi connectivity index (χ1) is 14.0. The van der Waals surface area contributed by atoms with Crippen LogP contribution >= 0.6 is 0 Å². The maximum atomic E-state index is 12.7. The number of pyridine rings is 1. The Morgan fingerprint density at radius 3 is 2.52 bits per heavy atom. The molecule has 1 aromatic carbocycles. The summed E-state index contributed by atoms with van der Waals surface area (Å²) in [4.78, 5) is 29.3. The number of carbonyl (C=O) groups is 2. The summed E-state index contributed by atoms with van der Waals surface area (Å²) >= 11 is 0. The Morgan fingerprint density at radius 2 is 1.86 bits per heavy atom. The van der Waals surface area contributed by atoms with Crippen molar-refractivity contribution < 1.29 is 14.0 Å². The summed E-state index contributed by atoms with van der Waals surface area (Å²) in [5, 5.41) is 13.0. The molecule has 0 unspecified atom stereocenters. The standard InChI is InChI=1S/C21H23N5O3/c1-13(15-7-5-4-6-8-15)17-11-16(12-18(24-17)21(28)22-3)20(27)23-10-9-19-26-25-14(2)29-19/h4-8,11-13H,9-10H2,1-3H3,(H,22,28)(H,23,27)/t13-/m0/s1. The predicted molar refractivity (Wildman–Crippen MR) is 107 cm³/mol. The molecular weight excluding hydrogens is 370 g/mol. The number of benzene rings is 1. The minimum atomic E-state index is -0.345. The van der Waals surface area contributed by atoms with Crippen molar-refractivity contribution >= 4 is 11.8 Å². The highest BCUT2D eigenvalue weighted by Crippen LogP contribution is 2.23. The molecule has 150 valence electrons. The molecule has 8 nitrogen and oxygen atoms in total. The van der Waals surface area contributed by atoms with E-state index in [1.165, 1.54) is 13.1 Å². The molecule has 2 amide bonds. The first-order valence-electron chi connectivity index (χ1n) is 9.34. The average molecular weight is 393 g/mol. The monoisotopic (exact) mass is 393 g/mol. The molecule has 0 aliphatic heterocycles. The summed E-state index contributed by atoms with van der Waals surface area (Å²) in [6.07, 6.45) is 0.424. The van der Waals surface area contributed by atoms with Gasteiger partial charge >= 0.3 is 0 Å². The molecule has 2 heterocycles. The lowest BCUT2D eigenvalue weighted by Gasteiger charge is -2.14. The third-order valence-corrected chi connectivity index (χ3v) is 4.50. The van der Waals surface area contributed by atoms with E-state index in [0.717, 1.165) is 5.56 Å². The van der Waals surface area contributed by atoms with Gasteiger partial charge in [-0.3, -0.25) is 9.59 Å². The number of hydrogen-bond acceptors (Lipinski definition) is 6. The van der Waals surface area contributed by atoms with Gasteiger partial charge in [-0.2, -0.15) is 0 Å². The molecule has 1 atom stereocenters. The van der Waals surface area contributed by atoms with Gasteiger partial charge in [-0.1, -0.05) is 37.3 Å². The Bertz CT molecular complexity index is 1000. The summed E-state index contributed by atoms with van der Waals surface area (Å²) in [5.41, 5.74) is 2.27. The molecule has 0 saturated heterocycles. The van der Waals surface area contributed by atoms with Crippen LogP contribution in [0.2, 0.25) is 0 Å². The van der Waals surface area contributed by atoms with Crippen molar-refractivity contribution in [2.45, 2.75) is 26.2 Å². The highest BCUT2D eigenvalue weighted by molar-refractivity contribution is 5.98. The lowest BCUT2D eigenvalue weighted by atomic mass is 9.96. The summed E-state index contributed by atoms with van der Waals surface area (Å²) in [6.45, 7) is 4.04. The van der Waals surface area contributed by atoms with Gasteiger partial charge in [0.1, 0.15) is 5.69 Å². The van der Waals surface area contributed by atoms with Crippen LogP contribution in [-0.2, 0) is 6.42 Å². The van der Waals surface area contributed by atoms with Gasteiger partial charge in [-0.05, 0) is 17.7 Å². The molecule has 3 rings (SSSR count). The second-order valence-electron chi connectivity index (χ2n) is 6.60. The van der Waals surface area contributed by atoms with Crippen LogP contribution in [0.25, 0.3) is 0 Å². The quantitative estimate of drug-likeness (QED) is 0.637. The van der Waals surface area contributed by atoms with Crippen molar-refractivity contribution in [3.05, 3.63) is 76.8 Å². The van der Waals surface area contributed by atoms with Gasteiger partial charge in [0.05, 0.1) is 0 Å². The van der Waals surface area contributed by atoms with Gasteiger partial charge in [0, 0.05) is 44.1 Å². The number of amides is 2. The van der Waals surface area contributed by atoms with Gasteiger partial charge in [-0.25, -0.2) is 4.98 Å². The Hall–Kier alpha value is -3.55. The zero-order valence-corrected chi connectivity index (χ0v) is 16.6. The van der Waals surface area contributed by atoms with Gasteiger partial charge in [0.15, 0.2) is 0 Å². The molecule has 0 bridgehead atoms. The van der Waals surface area contributed by atoms with Crippen LogP contribution < -0.4 is 10.6 Å². The first-order valence-corrected chi connectivity index (χ1v) is 9.34. The molecule has 0 aliphatic carbocycles. The fourth-order valence-corrected chi connectivity index (χ4v) is 2.89. The average Bonchev–Trinajstić information content (AvgIpc) is 3.17. The van der Waals surface area contributed by atoms with Crippen LogP contribution in [0, 0.1) is 6.92 Å². The third-order valence-electron chi connectivity index (χ3n) is 4.50. The van der Waals surface area contributed by atoms with Crippen LogP contribution in [0.15, 0.2) is 46.9 Å². The number of aryl methyl sites for hydroxylation is 1. The SMILES string of the molecule is CNC(=O)c1cc(C(=O)NCCc2nnc(C)o2)cc([C@@H](C)c2ccccc2)n1. The van der Waals surface area contributed by atoms with E-state index in [-0.39, 0.29) is 23.4 Å². The number of hydrogen-bond donors (Lipinski definition) is 2. The van der Waals surface area contributed by atoms with Crippen molar-refractivity contribution in [2.24, 2.45) is 0 Å².